The van der Waals surface area contributed by atoms with E-state index in [-0.39, 0.29) is 12.1 Å². The van der Waals surface area contributed by atoms with Gasteiger partial charge in [0.2, 0.25) is 0 Å². The van der Waals surface area contributed by atoms with Crippen molar-refractivity contribution in [1.82, 2.24) is 0 Å². The summed E-state index contributed by atoms with van der Waals surface area (Å²) in [4.78, 5) is 0. The lowest BCUT2D eigenvalue weighted by atomic mass is 9.85. The predicted octanol–water partition coefficient (Wildman–Crippen LogP) is 3.33. The van der Waals surface area contributed by atoms with Crippen LogP contribution in [0.5, 0.6) is 0 Å². The number of ether oxygens (including phenoxy) is 2. The van der Waals surface area contributed by atoms with Gasteiger partial charge in [-0.05, 0) is 79.9 Å². The lowest BCUT2D eigenvalue weighted by Crippen LogP contribution is -2.40. The first-order valence-corrected chi connectivity index (χ1v) is 10.9. The maximum atomic E-state index is 9.51. The van der Waals surface area contributed by atoms with Gasteiger partial charge in [0.1, 0.15) is 0 Å². The van der Waals surface area contributed by atoms with E-state index < -0.39 is 0 Å². The summed E-state index contributed by atoms with van der Waals surface area (Å²) in [5.41, 5.74) is 10.2. The average molecular weight is 374 g/mol. The Labute approximate surface area is 163 Å². The van der Waals surface area contributed by atoms with Gasteiger partial charge in [0.05, 0.1) is 25.9 Å². The van der Waals surface area contributed by atoms with E-state index in [1.165, 1.54) is 36.0 Å². The normalized spacial score (nSPS) is 30.9. The van der Waals surface area contributed by atoms with Crippen molar-refractivity contribution in [2.75, 3.05) is 26.4 Å². The zero-order valence-electron chi connectivity index (χ0n) is 16.5. The third kappa shape index (κ3) is 4.73. The highest BCUT2D eigenvalue weighted by molar-refractivity contribution is 5.36. The summed E-state index contributed by atoms with van der Waals surface area (Å²) in [6, 6.07) is 6.96. The van der Waals surface area contributed by atoms with Crippen LogP contribution in [0.3, 0.4) is 0 Å². The summed E-state index contributed by atoms with van der Waals surface area (Å²) in [6.45, 7) is 2.46. The quantitative estimate of drug-likeness (QED) is 0.686. The van der Waals surface area contributed by atoms with E-state index in [9.17, 15) is 5.11 Å². The Morgan fingerprint density at radius 3 is 2.74 bits per heavy atom. The fraction of sp³-hybridized carbons (Fsp3) is 0.739. The van der Waals surface area contributed by atoms with E-state index in [1.807, 2.05) is 0 Å². The third-order valence-electron chi connectivity index (χ3n) is 7.00. The fourth-order valence-electron chi connectivity index (χ4n) is 4.91. The van der Waals surface area contributed by atoms with Crippen molar-refractivity contribution in [2.24, 2.45) is 11.7 Å². The Kier molecular flexibility index (Phi) is 6.18. The molecule has 3 aliphatic carbocycles. The van der Waals surface area contributed by atoms with Gasteiger partial charge in [-0.15, -0.1) is 0 Å². The smallest absolute Gasteiger partial charge is 0.0704 e. The first-order chi connectivity index (χ1) is 13.1. The van der Waals surface area contributed by atoms with Crippen LogP contribution in [-0.4, -0.2) is 43.2 Å². The van der Waals surface area contributed by atoms with Gasteiger partial charge in [-0.25, -0.2) is 0 Å². The summed E-state index contributed by atoms with van der Waals surface area (Å²) >= 11 is 0. The minimum Gasteiger partial charge on any atom is -0.394 e. The Morgan fingerprint density at radius 1 is 1.11 bits per heavy atom. The summed E-state index contributed by atoms with van der Waals surface area (Å²) in [6.07, 6.45) is 10.5. The van der Waals surface area contributed by atoms with Crippen molar-refractivity contribution >= 4 is 0 Å². The van der Waals surface area contributed by atoms with Crippen LogP contribution in [-0.2, 0) is 22.3 Å². The average Bonchev–Trinajstić information content (AvgIpc) is 3.05. The van der Waals surface area contributed by atoms with Gasteiger partial charge in [-0.3, -0.25) is 0 Å². The van der Waals surface area contributed by atoms with Gasteiger partial charge in [0.25, 0.3) is 0 Å². The van der Waals surface area contributed by atoms with Gasteiger partial charge < -0.3 is 20.3 Å². The minimum absolute atomic E-state index is 0.0951. The maximum absolute atomic E-state index is 9.51. The van der Waals surface area contributed by atoms with Crippen molar-refractivity contribution in [3.63, 3.8) is 0 Å². The third-order valence-corrected chi connectivity index (χ3v) is 7.00. The molecule has 2 saturated carbocycles. The second-order valence-electron chi connectivity index (χ2n) is 9.10. The standard InChI is InChI=1S/C23H35NO3/c24-23(16-25)9-8-21(14-23)19-4-5-20-13-22(7-6-18(20)12-19)27-11-10-26-15-17-2-1-3-17/h4-5,12,17,21-22,25H,1-3,6-11,13-16,24H2/t21-,22-,23+/m0/s1. The van der Waals surface area contributed by atoms with E-state index in [4.69, 9.17) is 15.2 Å². The zero-order valence-corrected chi connectivity index (χ0v) is 16.5. The highest BCUT2D eigenvalue weighted by atomic mass is 16.5. The van der Waals surface area contributed by atoms with E-state index in [2.05, 4.69) is 18.2 Å². The van der Waals surface area contributed by atoms with E-state index in [0.29, 0.717) is 18.6 Å². The molecule has 4 rings (SSSR count). The molecule has 1 aromatic carbocycles. The molecule has 0 heterocycles. The molecule has 0 aromatic heterocycles. The van der Waals surface area contributed by atoms with Crippen LogP contribution in [0.1, 0.15) is 67.6 Å². The van der Waals surface area contributed by atoms with Crippen LogP contribution >= 0.6 is 0 Å². The molecule has 0 aliphatic heterocycles. The van der Waals surface area contributed by atoms with Crippen molar-refractivity contribution in [3.8, 4) is 0 Å². The number of nitrogens with two attached hydrogens (primary N) is 1. The first-order valence-electron chi connectivity index (χ1n) is 10.9. The highest BCUT2D eigenvalue weighted by Crippen LogP contribution is 2.40. The molecule has 0 bridgehead atoms. The molecule has 0 amide bonds. The summed E-state index contributed by atoms with van der Waals surface area (Å²) in [7, 11) is 0. The minimum atomic E-state index is -0.375. The predicted molar refractivity (Wildman–Crippen MR) is 107 cm³/mol. The second-order valence-corrected chi connectivity index (χ2v) is 9.10. The molecule has 27 heavy (non-hydrogen) atoms. The molecule has 0 saturated heterocycles. The summed E-state index contributed by atoms with van der Waals surface area (Å²) < 4.78 is 11.8. The van der Waals surface area contributed by atoms with Crippen molar-refractivity contribution in [1.29, 1.82) is 0 Å². The molecule has 4 nitrogen and oxygen atoms in total. The molecule has 0 unspecified atom stereocenters. The number of rotatable bonds is 8. The van der Waals surface area contributed by atoms with E-state index in [1.54, 1.807) is 0 Å². The SMILES string of the molecule is N[C@]1(CO)CC[C@H](c2ccc3c(c2)CC[C@H](OCCOCC2CCC2)C3)C1. The van der Waals surface area contributed by atoms with Crippen LogP contribution in [0.4, 0.5) is 0 Å². The van der Waals surface area contributed by atoms with Crippen LogP contribution in [0, 0.1) is 5.92 Å². The molecule has 3 aliphatic rings. The zero-order chi connectivity index (χ0) is 18.7. The van der Waals surface area contributed by atoms with Crippen LogP contribution in [0.2, 0.25) is 0 Å². The topological polar surface area (TPSA) is 64.7 Å². The van der Waals surface area contributed by atoms with Gasteiger partial charge in [-0.2, -0.15) is 0 Å². The molecule has 2 fully saturated rings. The summed E-state index contributed by atoms with van der Waals surface area (Å²) in [5.74, 6) is 1.30. The lowest BCUT2D eigenvalue weighted by molar-refractivity contribution is -0.0139. The van der Waals surface area contributed by atoms with Crippen LogP contribution in [0.15, 0.2) is 18.2 Å². The van der Waals surface area contributed by atoms with Gasteiger partial charge in [-0.1, -0.05) is 24.6 Å². The largest absolute Gasteiger partial charge is 0.394 e. The lowest BCUT2D eigenvalue weighted by Gasteiger charge is -2.27. The van der Waals surface area contributed by atoms with Crippen LogP contribution < -0.4 is 5.73 Å². The van der Waals surface area contributed by atoms with Crippen molar-refractivity contribution in [2.45, 2.75) is 75.3 Å². The number of fused-ring (bicyclic) bond motifs is 1. The molecule has 3 atom stereocenters. The molecule has 1 aromatic rings. The molecule has 0 spiro atoms. The molecule has 150 valence electrons. The number of hydrogen-bond acceptors (Lipinski definition) is 4. The van der Waals surface area contributed by atoms with Gasteiger partial charge in [0, 0.05) is 12.1 Å². The van der Waals surface area contributed by atoms with Crippen LogP contribution in [0.25, 0.3) is 0 Å². The van der Waals surface area contributed by atoms with E-state index >= 15 is 0 Å². The number of aliphatic hydroxyl groups excluding tert-OH is 1. The monoisotopic (exact) mass is 373 g/mol. The molecular weight excluding hydrogens is 338 g/mol. The first kappa shape index (κ1) is 19.4. The summed E-state index contributed by atoms with van der Waals surface area (Å²) in [5, 5.41) is 9.51. The fourth-order valence-corrected chi connectivity index (χ4v) is 4.91. The Bertz CT molecular complexity index is 630. The number of benzene rings is 1. The van der Waals surface area contributed by atoms with E-state index in [0.717, 1.165) is 57.7 Å². The van der Waals surface area contributed by atoms with Crippen molar-refractivity contribution in [3.05, 3.63) is 34.9 Å². The number of aliphatic hydroxyl groups is 1. The van der Waals surface area contributed by atoms with Gasteiger partial charge >= 0.3 is 0 Å². The molecule has 4 heteroatoms. The Morgan fingerprint density at radius 2 is 2.00 bits per heavy atom. The maximum Gasteiger partial charge on any atom is 0.0704 e. The number of aryl methyl sites for hydroxylation is 1. The molecular formula is C23H35NO3. The highest BCUT2D eigenvalue weighted by Gasteiger charge is 2.36. The Hall–Kier alpha value is -0.940. The second kappa shape index (κ2) is 8.60. The molecule has 0 radical (unpaired) electrons. The number of hydrogen-bond donors (Lipinski definition) is 2. The Balaban J connectivity index is 1.24. The van der Waals surface area contributed by atoms with Crippen molar-refractivity contribution < 1.29 is 14.6 Å². The molecule has 3 N–H and O–H groups in total. The van der Waals surface area contributed by atoms with Gasteiger partial charge in [0.15, 0.2) is 0 Å².